The van der Waals surface area contributed by atoms with Gasteiger partial charge in [-0.05, 0) is 78.8 Å². The maximum absolute atomic E-state index is 5.93. The predicted molar refractivity (Wildman–Crippen MR) is 87.9 cm³/mol. The third-order valence-corrected chi connectivity index (χ3v) is 4.74. The van der Waals surface area contributed by atoms with E-state index in [1.54, 1.807) is 0 Å². The molecule has 110 valence electrons. The Bertz CT molecular complexity index is 690. The number of hydrogen-bond donors (Lipinski definition) is 1. The van der Waals surface area contributed by atoms with Gasteiger partial charge in [-0.25, -0.2) is 0 Å². The molecule has 2 N–H and O–H groups in total. The van der Waals surface area contributed by atoms with Crippen LogP contribution in [-0.4, -0.2) is 6.61 Å². The average Bonchev–Trinajstić information content (AvgIpc) is 2.93. The maximum atomic E-state index is 5.93. The van der Waals surface area contributed by atoms with Gasteiger partial charge in [-0.1, -0.05) is 6.07 Å². The molecule has 0 aromatic heterocycles. The molecule has 0 saturated carbocycles. The molecule has 3 rings (SSSR count). The van der Waals surface area contributed by atoms with Crippen molar-refractivity contribution in [1.29, 1.82) is 0 Å². The highest BCUT2D eigenvalue weighted by Gasteiger charge is 2.19. The zero-order valence-corrected chi connectivity index (χ0v) is 13.3. The number of benzene rings is 2. The lowest BCUT2D eigenvalue weighted by Gasteiger charge is -2.17. The monoisotopic (exact) mass is 281 g/mol. The molecule has 2 heteroatoms. The number of aryl methyl sites for hydroxylation is 2. The first-order chi connectivity index (χ1) is 10.0. The Balaban J connectivity index is 2.27. The summed E-state index contributed by atoms with van der Waals surface area (Å²) in [5, 5.41) is 0. The van der Waals surface area contributed by atoms with E-state index in [2.05, 4.69) is 45.9 Å². The fraction of sp³-hybridized carbons (Fsp3) is 0.368. The standard InChI is InChI=1S/C19H23NO/c1-11-7-12(2)14(4)18(13(11)3)16-8-15-5-6-21-19(15)17(9-16)10-20/h7-9H,5-6,10,20H2,1-4H3. The third-order valence-electron chi connectivity index (χ3n) is 4.74. The van der Waals surface area contributed by atoms with Gasteiger partial charge in [0.25, 0.3) is 0 Å². The molecule has 2 nitrogen and oxygen atoms in total. The summed E-state index contributed by atoms with van der Waals surface area (Å²) in [4.78, 5) is 0. The van der Waals surface area contributed by atoms with Crippen molar-refractivity contribution in [3.05, 3.63) is 51.6 Å². The van der Waals surface area contributed by atoms with E-state index >= 15 is 0 Å². The molecule has 2 aromatic rings. The molecular formula is C19H23NO. The second kappa shape index (κ2) is 5.19. The van der Waals surface area contributed by atoms with Crippen LogP contribution in [0.25, 0.3) is 11.1 Å². The molecule has 0 saturated heterocycles. The van der Waals surface area contributed by atoms with Crippen molar-refractivity contribution in [3.63, 3.8) is 0 Å². The summed E-state index contributed by atoms with van der Waals surface area (Å²) in [6.07, 6.45) is 0.985. The van der Waals surface area contributed by atoms with Crippen molar-refractivity contribution in [2.45, 2.75) is 40.7 Å². The number of fused-ring (bicyclic) bond motifs is 1. The minimum absolute atomic E-state index is 0.527. The van der Waals surface area contributed by atoms with E-state index in [0.29, 0.717) is 6.54 Å². The highest BCUT2D eigenvalue weighted by atomic mass is 16.5. The first-order valence-electron chi connectivity index (χ1n) is 7.59. The molecule has 1 heterocycles. The second-order valence-electron chi connectivity index (χ2n) is 6.06. The van der Waals surface area contributed by atoms with Crippen molar-refractivity contribution in [2.24, 2.45) is 5.73 Å². The molecule has 1 aliphatic heterocycles. The Morgan fingerprint density at radius 1 is 1.00 bits per heavy atom. The topological polar surface area (TPSA) is 35.2 Å². The molecule has 21 heavy (non-hydrogen) atoms. The van der Waals surface area contributed by atoms with Gasteiger partial charge < -0.3 is 10.5 Å². The van der Waals surface area contributed by atoms with Crippen LogP contribution in [0.4, 0.5) is 0 Å². The Morgan fingerprint density at radius 3 is 2.29 bits per heavy atom. The first-order valence-corrected chi connectivity index (χ1v) is 7.59. The molecule has 0 fully saturated rings. The fourth-order valence-electron chi connectivity index (χ4n) is 3.33. The lowest BCUT2D eigenvalue weighted by molar-refractivity contribution is 0.353. The summed E-state index contributed by atoms with van der Waals surface area (Å²) in [6, 6.07) is 6.77. The van der Waals surface area contributed by atoms with E-state index in [4.69, 9.17) is 10.5 Å². The van der Waals surface area contributed by atoms with Gasteiger partial charge in [-0.15, -0.1) is 0 Å². The highest BCUT2D eigenvalue weighted by Crippen LogP contribution is 2.38. The Kier molecular flexibility index (Phi) is 3.50. The van der Waals surface area contributed by atoms with Crippen molar-refractivity contribution < 1.29 is 4.74 Å². The lowest BCUT2D eigenvalue weighted by atomic mass is 9.88. The van der Waals surface area contributed by atoms with E-state index in [0.717, 1.165) is 24.3 Å². The Hall–Kier alpha value is -1.80. The number of nitrogens with two attached hydrogens (primary N) is 1. The summed E-state index contributed by atoms with van der Waals surface area (Å²) in [5.74, 6) is 1.01. The van der Waals surface area contributed by atoms with Gasteiger partial charge in [0.1, 0.15) is 5.75 Å². The van der Waals surface area contributed by atoms with Crippen LogP contribution >= 0.6 is 0 Å². The van der Waals surface area contributed by atoms with Crippen molar-refractivity contribution in [2.75, 3.05) is 6.61 Å². The quantitative estimate of drug-likeness (QED) is 0.903. The van der Waals surface area contributed by atoms with Gasteiger partial charge in [0.15, 0.2) is 0 Å². The summed E-state index contributed by atoms with van der Waals surface area (Å²) < 4.78 is 5.74. The molecule has 2 aromatic carbocycles. The van der Waals surface area contributed by atoms with Crippen LogP contribution in [0, 0.1) is 27.7 Å². The molecule has 0 unspecified atom stereocenters. The fourth-order valence-corrected chi connectivity index (χ4v) is 3.33. The van der Waals surface area contributed by atoms with E-state index in [-0.39, 0.29) is 0 Å². The minimum Gasteiger partial charge on any atom is -0.493 e. The van der Waals surface area contributed by atoms with Crippen LogP contribution in [0.15, 0.2) is 18.2 Å². The zero-order valence-electron chi connectivity index (χ0n) is 13.3. The van der Waals surface area contributed by atoms with Crippen molar-refractivity contribution in [1.82, 2.24) is 0 Å². The van der Waals surface area contributed by atoms with Gasteiger partial charge in [0.05, 0.1) is 6.61 Å². The van der Waals surface area contributed by atoms with Crippen LogP contribution in [-0.2, 0) is 13.0 Å². The van der Waals surface area contributed by atoms with Crippen LogP contribution in [0.3, 0.4) is 0 Å². The van der Waals surface area contributed by atoms with Gasteiger partial charge in [0, 0.05) is 18.5 Å². The lowest BCUT2D eigenvalue weighted by Crippen LogP contribution is -2.01. The van der Waals surface area contributed by atoms with E-state index in [1.807, 2.05) is 0 Å². The average molecular weight is 281 g/mol. The SMILES string of the molecule is Cc1cc(C)c(C)c(-c2cc(CN)c3c(c2)CCO3)c1C. The predicted octanol–water partition coefficient (Wildman–Crippen LogP) is 3.98. The maximum Gasteiger partial charge on any atom is 0.127 e. The Morgan fingerprint density at radius 2 is 1.67 bits per heavy atom. The summed E-state index contributed by atoms with van der Waals surface area (Å²) in [6.45, 7) is 10.1. The second-order valence-corrected chi connectivity index (χ2v) is 6.06. The first kappa shape index (κ1) is 14.2. The van der Waals surface area contributed by atoms with Crippen LogP contribution in [0.1, 0.15) is 33.4 Å². The van der Waals surface area contributed by atoms with E-state index in [1.165, 1.54) is 38.9 Å². The van der Waals surface area contributed by atoms with Gasteiger partial charge in [-0.3, -0.25) is 0 Å². The molecule has 0 bridgehead atoms. The molecule has 1 aliphatic rings. The molecule has 0 amide bonds. The number of rotatable bonds is 2. The van der Waals surface area contributed by atoms with Crippen molar-refractivity contribution in [3.8, 4) is 16.9 Å². The van der Waals surface area contributed by atoms with Crippen LogP contribution in [0.2, 0.25) is 0 Å². The van der Waals surface area contributed by atoms with Crippen molar-refractivity contribution >= 4 is 0 Å². The van der Waals surface area contributed by atoms with Gasteiger partial charge >= 0.3 is 0 Å². The summed E-state index contributed by atoms with van der Waals surface area (Å²) in [5.41, 5.74) is 16.4. The molecular weight excluding hydrogens is 258 g/mol. The molecule has 0 atom stereocenters. The summed E-state index contributed by atoms with van der Waals surface area (Å²) in [7, 11) is 0. The van der Waals surface area contributed by atoms with Gasteiger partial charge in [-0.2, -0.15) is 0 Å². The highest BCUT2D eigenvalue weighted by molar-refractivity contribution is 5.75. The van der Waals surface area contributed by atoms with Crippen LogP contribution < -0.4 is 10.5 Å². The number of hydrogen-bond acceptors (Lipinski definition) is 2. The van der Waals surface area contributed by atoms with E-state index in [9.17, 15) is 0 Å². The minimum atomic E-state index is 0.527. The smallest absolute Gasteiger partial charge is 0.127 e. The Labute approximate surface area is 126 Å². The zero-order chi connectivity index (χ0) is 15.1. The van der Waals surface area contributed by atoms with E-state index < -0.39 is 0 Å². The van der Waals surface area contributed by atoms with Crippen LogP contribution in [0.5, 0.6) is 5.75 Å². The third kappa shape index (κ3) is 2.24. The largest absolute Gasteiger partial charge is 0.493 e. The molecule has 0 spiro atoms. The normalized spacial score (nSPS) is 13.2. The number of ether oxygens (including phenoxy) is 1. The van der Waals surface area contributed by atoms with Gasteiger partial charge in [0.2, 0.25) is 0 Å². The summed E-state index contributed by atoms with van der Waals surface area (Å²) >= 11 is 0. The molecule has 0 aliphatic carbocycles. The molecule has 0 radical (unpaired) electrons.